The first-order chi connectivity index (χ1) is 13.2. The van der Waals surface area contributed by atoms with Gasteiger partial charge in [0.05, 0.1) is 6.10 Å². The van der Waals surface area contributed by atoms with E-state index in [9.17, 15) is 14.7 Å². The van der Waals surface area contributed by atoms with Crippen molar-refractivity contribution in [1.82, 2.24) is 0 Å². The number of rotatable bonds is 4. The first kappa shape index (κ1) is 19.9. The average Bonchev–Trinajstić information content (AvgIpc) is 3.00. The van der Waals surface area contributed by atoms with Crippen LogP contribution in [0.15, 0.2) is 23.8 Å². The second-order valence-corrected chi connectivity index (χ2v) is 10.3. The van der Waals surface area contributed by atoms with Crippen LogP contribution in [-0.2, 0) is 9.59 Å². The molecule has 8 atom stereocenters. The Labute approximate surface area is 168 Å². The van der Waals surface area contributed by atoms with E-state index in [1.807, 2.05) is 6.08 Å². The van der Waals surface area contributed by atoms with E-state index in [2.05, 4.69) is 32.9 Å². The van der Waals surface area contributed by atoms with Crippen molar-refractivity contribution in [2.75, 3.05) is 0 Å². The maximum absolute atomic E-state index is 11.9. The van der Waals surface area contributed by atoms with Gasteiger partial charge < -0.3 is 10.2 Å². The van der Waals surface area contributed by atoms with Crippen molar-refractivity contribution in [1.29, 1.82) is 0 Å². The number of hydrogen-bond donors (Lipinski definition) is 2. The van der Waals surface area contributed by atoms with Crippen molar-refractivity contribution in [3.63, 3.8) is 0 Å². The molecule has 0 amide bonds. The van der Waals surface area contributed by atoms with Crippen molar-refractivity contribution in [3.05, 3.63) is 23.8 Å². The molecule has 0 heterocycles. The Morgan fingerprint density at radius 3 is 2.75 bits per heavy atom. The summed E-state index contributed by atoms with van der Waals surface area (Å²) in [6, 6.07) is 0. The van der Waals surface area contributed by atoms with Gasteiger partial charge in [-0.2, -0.15) is 0 Å². The number of allylic oxidation sites excluding steroid dienone is 4. The van der Waals surface area contributed by atoms with Gasteiger partial charge in [-0.05, 0) is 84.2 Å². The third kappa shape index (κ3) is 2.82. The topological polar surface area (TPSA) is 74.6 Å². The molecule has 2 fully saturated rings. The number of aliphatic carboxylic acids is 1. The minimum Gasteiger partial charge on any atom is -0.481 e. The minimum absolute atomic E-state index is 0.0113. The smallest absolute Gasteiger partial charge is 0.303 e. The maximum atomic E-state index is 11.9. The van der Waals surface area contributed by atoms with Crippen LogP contribution in [0.1, 0.15) is 65.7 Å². The van der Waals surface area contributed by atoms with Crippen LogP contribution in [0.3, 0.4) is 0 Å². The third-order valence-electron chi connectivity index (χ3n) is 9.19. The zero-order valence-electron chi connectivity index (χ0n) is 17.4. The highest BCUT2D eigenvalue weighted by molar-refractivity contribution is 5.92. The summed E-state index contributed by atoms with van der Waals surface area (Å²) in [4.78, 5) is 23.0. The van der Waals surface area contributed by atoms with Crippen LogP contribution in [0.5, 0.6) is 0 Å². The molecular formula is C24H34O4. The van der Waals surface area contributed by atoms with Crippen LogP contribution >= 0.6 is 0 Å². The fourth-order valence-corrected chi connectivity index (χ4v) is 7.48. The molecule has 0 radical (unpaired) electrons. The van der Waals surface area contributed by atoms with Gasteiger partial charge >= 0.3 is 5.97 Å². The number of aliphatic hydroxyl groups excluding tert-OH is 1. The highest BCUT2D eigenvalue weighted by Gasteiger charge is 2.62. The molecule has 4 rings (SSSR count). The molecule has 0 spiro atoms. The fourth-order valence-electron chi connectivity index (χ4n) is 7.48. The van der Waals surface area contributed by atoms with Crippen molar-refractivity contribution in [3.8, 4) is 0 Å². The summed E-state index contributed by atoms with van der Waals surface area (Å²) in [5, 5.41) is 20.5. The number of carbonyl (C=O) groups is 2. The van der Waals surface area contributed by atoms with Gasteiger partial charge in [-0.1, -0.05) is 32.9 Å². The van der Waals surface area contributed by atoms with Crippen LogP contribution < -0.4 is 0 Å². The van der Waals surface area contributed by atoms with Crippen LogP contribution in [0.2, 0.25) is 0 Å². The SMILES string of the molecule is C[C@H](CCC(=O)O)C1CCC2C3C=CC4=CC(=O)CC[C@]4(C)C3C[C@@H](O)[C@@]21C. The molecule has 0 aromatic carbocycles. The normalized spacial score (nSPS) is 45.6. The molecule has 4 aliphatic rings. The largest absolute Gasteiger partial charge is 0.481 e. The quantitative estimate of drug-likeness (QED) is 0.752. The number of hydrogen-bond acceptors (Lipinski definition) is 3. The first-order valence-corrected chi connectivity index (χ1v) is 11.0. The Hall–Kier alpha value is -1.42. The lowest BCUT2D eigenvalue weighted by Crippen LogP contribution is -2.55. The van der Waals surface area contributed by atoms with Gasteiger partial charge in [0.1, 0.15) is 0 Å². The Morgan fingerprint density at radius 1 is 1.29 bits per heavy atom. The van der Waals surface area contributed by atoms with Gasteiger partial charge in [-0.15, -0.1) is 0 Å². The van der Waals surface area contributed by atoms with Gasteiger partial charge in [0.25, 0.3) is 0 Å². The van der Waals surface area contributed by atoms with Gasteiger partial charge in [0, 0.05) is 12.8 Å². The van der Waals surface area contributed by atoms with Crippen molar-refractivity contribution >= 4 is 11.8 Å². The van der Waals surface area contributed by atoms with Gasteiger partial charge in [-0.25, -0.2) is 0 Å². The second-order valence-electron chi connectivity index (χ2n) is 10.3. The van der Waals surface area contributed by atoms with Crippen LogP contribution in [0, 0.1) is 40.4 Å². The maximum Gasteiger partial charge on any atom is 0.303 e. The lowest BCUT2D eigenvalue weighted by molar-refractivity contribution is -0.138. The minimum atomic E-state index is -0.731. The zero-order valence-corrected chi connectivity index (χ0v) is 17.4. The summed E-state index contributed by atoms with van der Waals surface area (Å²) in [6.07, 6.45) is 11.4. The molecule has 0 saturated heterocycles. The molecule has 4 heteroatoms. The van der Waals surface area contributed by atoms with Gasteiger partial charge in [-0.3, -0.25) is 9.59 Å². The molecule has 0 aromatic rings. The standard InChI is InChI=1S/C24H34O4/c1-14(4-9-22(27)28)18-7-8-19-17-6-5-15-12-16(25)10-11-23(15,2)20(17)13-21(26)24(18,19)3/h5-6,12,14,17-21,26H,4,7-11,13H2,1-3H3,(H,27,28)/t14-,17?,18?,19?,20?,21-,23+,24-/m1/s1. The molecule has 4 unspecified atom stereocenters. The molecule has 154 valence electrons. The first-order valence-electron chi connectivity index (χ1n) is 11.0. The molecule has 2 saturated carbocycles. The summed E-state index contributed by atoms with van der Waals surface area (Å²) >= 11 is 0. The second kappa shape index (κ2) is 6.83. The number of fused-ring (bicyclic) bond motifs is 5. The Bertz CT molecular complexity index is 737. The summed E-state index contributed by atoms with van der Waals surface area (Å²) < 4.78 is 0. The predicted octanol–water partition coefficient (Wildman–Crippen LogP) is 4.38. The molecule has 0 aliphatic heterocycles. The van der Waals surface area contributed by atoms with E-state index >= 15 is 0 Å². The lowest BCUT2D eigenvalue weighted by Gasteiger charge is -2.58. The van der Waals surface area contributed by atoms with Crippen LogP contribution in [0.4, 0.5) is 0 Å². The highest BCUT2D eigenvalue weighted by Crippen LogP contribution is 2.66. The monoisotopic (exact) mass is 386 g/mol. The Kier molecular flexibility index (Phi) is 4.85. The molecular weight excluding hydrogens is 352 g/mol. The molecule has 28 heavy (non-hydrogen) atoms. The lowest BCUT2D eigenvalue weighted by atomic mass is 9.47. The van der Waals surface area contributed by atoms with E-state index in [4.69, 9.17) is 5.11 Å². The fraction of sp³-hybridized carbons (Fsp3) is 0.750. The van der Waals surface area contributed by atoms with Crippen LogP contribution in [-0.4, -0.2) is 28.1 Å². The van der Waals surface area contributed by atoms with E-state index in [-0.39, 0.29) is 29.1 Å². The molecule has 0 aromatic heterocycles. The molecule has 4 nitrogen and oxygen atoms in total. The Morgan fingerprint density at radius 2 is 2.04 bits per heavy atom. The molecule has 0 bridgehead atoms. The summed E-state index contributed by atoms with van der Waals surface area (Å²) in [5.41, 5.74) is 0.999. The van der Waals surface area contributed by atoms with Crippen molar-refractivity contribution < 1.29 is 19.8 Å². The number of aliphatic hydroxyl groups is 1. The van der Waals surface area contributed by atoms with Crippen molar-refractivity contribution in [2.24, 2.45) is 40.4 Å². The summed E-state index contributed by atoms with van der Waals surface area (Å²) in [5.74, 6) is 1.45. The average molecular weight is 387 g/mol. The summed E-state index contributed by atoms with van der Waals surface area (Å²) in [7, 11) is 0. The van der Waals surface area contributed by atoms with E-state index in [1.165, 1.54) is 0 Å². The van der Waals surface area contributed by atoms with E-state index in [0.29, 0.717) is 42.4 Å². The number of carboxylic acids is 1. The zero-order chi connectivity index (χ0) is 20.3. The van der Waals surface area contributed by atoms with E-state index < -0.39 is 5.97 Å². The number of carboxylic acid groups (broad SMARTS) is 1. The predicted molar refractivity (Wildman–Crippen MR) is 108 cm³/mol. The number of carbonyl (C=O) groups excluding carboxylic acids is 1. The van der Waals surface area contributed by atoms with Gasteiger partial charge in [0.2, 0.25) is 0 Å². The highest BCUT2D eigenvalue weighted by atomic mass is 16.4. The number of ketones is 1. The molecule has 4 aliphatic carbocycles. The molecule has 2 N–H and O–H groups in total. The van der Waals surface area contributed by atoms with E-state index in [0.717, 1.165) is 31.3 Å². The van der Waals surface area contributed by atoms with Crippen LogP contribution in [0.25, 0.3) is 0 Å². The van der Waals surface area contributed by atoms with Crippen molar-refractivity contribution in [2.45, 2.75) is 71.8 Å². The van der Waals surface area contributed by atoms with Gasteiger partial charge in [0.15, 0.2) is 5.78 Å². The van der Waals surface area contributed by atoms with E-state index in [1.54, 1.807) is 0 Å². The Balaban J connectivity index is 1.64. The third-order valence-corrected chi connectivity index (χ3v) is 9.19. The summed E-state index contributed by atoms with van der Waals surface area (Å²) in [6.45, 7) is 6.73.